The van der Waals surface area contributed by atoms with Crippen molar-refractivity contribution >= 4 is 0 Å². The van der Waals surface area contributed by atoms with Gasteiger partial charge in [0.15, 0.2) is 0 Å². The van der Waals surface area contributed by atoms with Crippen LogP contribution in [0.2, 0.25) is 0 Å². The van der Waals surface area contributed by atoms with Crippen molar-refractivity contribution in [3.63, 3.8) is 0 Å². The highest BCUT2D eigenvalue weighted by atomic mass is 15.1. The molecule has 1 aliphatic carbocycles. The van der Waals surface area contributed by atoms with Crippen LogP contribution in [0.4, 0.5) is 0 Å². The van der Waals surface area contributed by atoms with Gasteiger partial charge in [-0.25, -0.2) is 0 Å². The molecule has 19 heavy (non-hydrogen) atoms. The molecule has 1 aliphatic rings. The number of nitrogens with one attached hydrogen (secondary N) is 1. The molecule has 0 aliphatic heterocycles. The molecule has 3 heteroatoms. The lowest BCUT2D eigenvalue weighted by Gasteiger charge is -2.34. The predicted molar refractivity (Wildman–Crippen MR) is 77.7 cm³/mol. The largest absolute Gasteiger partial charge is 0.317 e. The second-order valence-corrected chi connectivity index (χ2v) is 5.52. The van der Waals surface area contributed by atoms with E-state index in [2.05, 4.69) is 42.5 Å². The zero-order valence-corrected chi connectivity index (χ0v) is 11.9. The Bertz CT molecular complexity index is 424. The molecule has 0 spiro atoms. The molecule has 0 unspecified atom stereocenters. The van der Waals surface area contributed by atoms with Crippen LogP contribution >= 0.6 is 0 Å². The molecule has 0 bridgehead atoms. The fraction of sp³-hybridized carbons (Fsp3) is 0.562. The second-order valence-electron chi connectivity index (χ2n) is 5.52. The summed E-state index contributed by atoms with van der Waals surface area (Å²) in [5.74, 6) is 0. The van der Waals surface area contributed by atoms with Crippen LogP contribution in [0.5, 0.6) is 0 Å². The summed E-state index contributed by atoms with van der Waals surface area (Å²) < 4.78 is 0. The number of nitrogens with zero attached hydrogens (tertiary/aromatic N) is 2. The maximum atomic E-state index is 8.80. The van der Waals surface area contributed by atoms with E-state index in [1.165, 1.54) is 31.2 Å². The van der Waals surface area contributed by atoms with Crippen LogP contribution in [0.25, 0.3) is 0 Å². The van der Waals surface area contributed by atoms with Crippen LogP contribution in [0.15, 0.2) is 24.3 Å². The molecule has 1 N–H and O–H groups in total. The lowest BCUT2D eigenvalue weighted by molar-refractivity contribution is 0.170. The highest BCUT2D eigenvalue weighted by molar-refractivity contribution is 5.31. The Morgan fingerprint density at radius 2 is 1.84 bits per heavy atom. The average Bonchev–Trinajstić information content (AvgIpc) is 2.48. The molecule has 1 aromatic carbocycles. The van der Waals surface area contributed by atoms with Crippen molar-refractivity contribution in [3.8, 4) is 6.07 Å². The molecule has 102 valence electrons. The zero-order valence-electron chi connectivity index (χ0n) is 11.9. The number of hydrogen-bond acceptors (Lipinski definition) is 3. The van der Waals surface area contributed by atoms with Crippen LogP contribution in [0, 0.1) is 11.3 Å². The minimum Gasteiger partial charge on any atom is -0.317 e. The van der Waals surface area contributed by atoms with Gasteiger partial charge < -0.3 is 5.32 Å². The van der Waals surface area contributed by atoms with Gasteiger partial charge in [-0.3, -0.25) is 4.90 Å². The monoisotopic (exact) mass is 257 g/mol. The van der Waals surface area contributed by atoms with E-state index in [4.69, 9.17) is 5.26 Å². The Kier molecular flexibility index (Phi) is 4.95. The van der Waals surface area contributed by atoms with Gasteiger partial charge in [0, 0.05) is 18.6 Å². The lowest BCUT2D eigenvalue weighted by Crippen LogP contribution is -2.39. The highest BCUT2D eigenvalue weighted by Gasteiger charge is 2.22. The smallest absolute Gasteiger partial charge is 0.0991 e. The molecule has 1 aromatic rings. The third-order valence-electron chi connectivity index (χ3n) is 4.24. The van der Waals surface area contributed by atoms with Crippen molar-refractivity contribution in [2.45, 2.75) is 44.3 Å². The standard InChI is InChI=1S/C16H23N3/c1-18-15-7-9-16(10-8-15)19(2)12-14-5-3-13(11-17)4-6-14/h3-6,15-16,18H,7-10,12H2,1-2H3. The van der Waals surface area contributed by atoms with Gasteiger partial charge in [-0.15, -0.1) is 0 Å². The van der Waals surface area contributed by atoms with Crippen LogP contribution in [0.3, 0.4) is 0 Å². The first-order valence-corrected chi connectivity index (χ1v) is 7.09. The average molecular weight is 257 g/mol. The first kappa shape index (κ1) is 14.0. The summed E-state index contributed by atoms with van der Waals surface area (Å²) in [5, 5.41) is 12.2. The third kappa shape index (κ3) is 3.79. The van der Waals surface area contributed by atoms with E-state index in [0.717, 1.165) is 12.1 Å². The van der Waals surface area contributed by atoms with Crippen LogP contribution < -0.4 is 5.32 Å². The Labute approximate surface area is 116 Å². The van der Waals surface area contributed by atoms with Gasteiger partial charge in [-0.1, -0.05) is 12.1 Å². The third-order valence-corrected chi connectivity index (χ3v) is 4.24. The summed E-state index contributed by atoms with van der Waals surface area (Å²) in [4.78, 5) is 2.45. The van der Waals surface area contributed by atoms with E-state index >= 15 is 0 Å². The van der Waals surface area contributed by atoms with Gasteiger partial charge >= 0.3 is 0 Å². The van der Waals surface area contributed by atoms with Crippen molar-refractivity contribution in [2.24, 2.45) is 0 Å². The van der Waals surface area contributed by atoms with Crippen molar-refractivity contribution in [1.82, 2.24) is 10.2 Å². The number of nitriles is 1. The van der Waals surface area contributed by atoms with E-state index in [1.54, 1.807) is 0 Å². The second kappa shape index (κ2) is 6.70. The first-order valence-electron chi connectivity index (χ1n) is 7.09. The normalized spacial score (nSPS) is 23.3. The fourth-order valence-electron chi connectivity index (χ4n) is 2.91. The summed E-state index contributed by atoms with van der Waals surface area (Å²) in [5.41, 5.74) is 2.03. The van der Waals surface area contributed by atoms with Gasteiger partial charge in [0.25, 0.3) is 0 Å². The summed E-state index contributed by atoms with van der Waals surface area (Å²) >= 11 is 0. The Morgan fingerprint density at radius 3 is 2.37 bits per heavy atom. The van der Waals surface area contributed by atoms with Gasteiger partial charge in [-0.05, 0) is 57.5 Å². The Balaban J connectivity index is 1.87. The van der Waals surface area contributed by atoms with E-state index in [0.29, 0.717) is 12.1 Å². The van der Waals surface area contributed by atoms with Gasteiger partial charge in [0.05, 0.1) is 11.6 Å². The number of benzene rings is 1. The van der Waals surface area contributed by atoms with Gasteiger partial charge in [-0.2, -0.15) is 5.26 Å². The van der Waals surface area contributed by atoms with E-state index < -0.39 is 0 Å². The molecule has 0 saturated heterocycles. The summed E-state index contributed by atoms with van der Waals surface area (Å²) in [6.45, 7) is 0.973. The molecule has 0 radical (unpaired) electrons. The maximum Gasteiger partial charge on any atom is 0.0991 e. The fourth-order valence-corrected chi connectivity index (χ4v) is 2.91. The molecule has 0 atom stereocenters. The molecule has 0 heterocycles. The molecule has 3 nitrogen and oxygen atoms in total. The SMILES string of the molecule is CNC1CCC(N(C)Cc2ccc(C#N)cc2)CC1. The summed E-state index contributed by atoms with van der Waals surface area (Å²) in [6, 6.07) is 11.5. The molecule has 1 fully saturated rings. The minimum absolute atomic E-state index is 0.695. The topological polar surface area (TPSA) is 39.1 Å². The Morgan fingerprint density at radius 1 is 1.21 bits per heavy atom. The lowest BCUT2D eigenvalue weighted by atomic mass is 9.90. The van der Waals surface area contributed by atoms with Crippen molar-refractivity contribution < 1.29 is 0 Å². The van der Waals surface area contributed by atoms with E-state index in [1.807, 2.05) is 12.1 Å². The molecule has 2 rings (SSSR count). The Hall–Kier alpha value is -1.37. The molecule has 0 amide bonds. The maximum absolute atomic E-state index is 8.80. The minimum atomic E-state index is 0.695. The van der Waals surface area contributed by atoms with Crippen LogP contribution in [-0.4, -0.2) is 31.1 Å². The highest BCUT2D eigenvalue weighted by Crippen LogP contribution is 2.23. The quantitative estimate of drug-likeness (QED) is 0.901. The first-order chi connectivity index (χ1) is 9.22. The molecule has 1 saturated carbocycles. The van der Waals surface area contributed by atoms with Crippen LogP contribution in [-0.2, 0) is 6.54 Å². The number of hydrogen-bond donors (Lipinski definition) is 1. The zero-order chi connectivity index (χ0) is 13.7. The van der Waals surface area contributed by atoms with Gasteiger partial charge in [0.2, 0.25) is 0 Å². The molecular weight excluding hydrogens is 234 g/mol. The van der Waals surface area contributed by atoms with E-state index in [9.17, 15) is 0 Å². The van der Waals surface area contributed by atoms with Crippen LogP contribution in [0.1, 0.15) is 36.8 Å². The molecule has 0 aromatic heterocycles. The predicted octanol–water partition coefficient (Wildman–Crippen LogP) is 2.52. The molecular formula is C16H23N3. The summed E-state index contributed by atoms with van der Waals surface area (Å²) in [7, 11) is 4.27. The summed E-state index contributed by atoms with van der Waals surface area (Å²) in [6.07, 6.45) is 5.11. The van der Waals surface area contributed by atoms with E-state index in [-0.39, 0.29) is 0 Å². The number of rotatable bonds is 4. The van der Waals surface area contributed by atoms with Crippen molar-refractivity contribution in [2.75, 3.05) is 14.1 Å². The van der Waals surface area contributed by atoms with Gasteiger partial charge in [0.1, 0.15) is 0 Å². The van der Waals surface area contributed by atoms with Crippen molar-refractivity contribution in [3.05, 3.63) is 35.4 Å². The van der Waals surface area contributed by atoms with Crippen molar-refractivity contribution in [1.29, 1.82) is 5.26 Å².